The van der Waals surface area contributed by atoms with Crippen molar-refractivity contribution >= 4 is 23.1 Å². The normalized spacial score (nSPS) is 11.5. The Morgan fingerprint density at radius 2 is 1.68 bits per heavy atom. The third-order valence-corrected chi connectivity index (χ3v) is 5.36. The number of aromatic nitrogens is 2. The zero-order valence-corrected chi connectivity index (χ0v) is 18.1. The van der Waals surface area contributed by atoms with E-state index in [4.69, 9.17) is 15.5 Å². The molecule has 2 heterocycles. The van der Waals surface area contributed by atoms with Crippen LogP contribution >= 0.6 is 0 Å². The number of fused-ring (bicyclic) bond motifs is 1. The molecule has 6 heteroatoms. The topological polar surface area (TPSA) is 81.6 Å². The first kappa shape index (κ1) is 20.5. The summed E-state index contributed by atoms with van der Waals surface area (Å²) in [7, 11) is 0. The van der Waals surface area contributed by atoms with Gasteiger partial charge in [-0.1, -0.05) is 36.4 Å². The lowest BCUT2D eigenvalue weighted by Gasteiger charge is -2.24. The van der Waals surface area contributed by atoms with E-state index in [1.807, 2.05) is 59.1 Å². The highest BCUT2D eigenvalue weighted by molar-refractivity contribution is 5.86. The Morgan fingerprint density at radius 1 is 1.00 bits per heavy atom. The van der Waals surface area contributed by atoms with Gasteiger partial charge in [0.05, 0.1) is 0 Å². The van der Waals surface area contributed by atoms with E-state index < -0.39 is 11.5 Å². The average molecular weight is 415 g/mol. The summed E-state index contributed by atoms with van der Waals surface area (Å²) in [6, 6.07) is 19.6. The molecular weight excluding hydrogens is 388 g/mol. The number of nitrogens with two attached hydrogens (primary N) is 1. The lowest BCUT2D eigenvalue weighted by atomic mass is 10.1. The summed E-state index contributed by atoms with van der Waals surface area (Å²) in [5.41, 5.74) is 9.98. The fourth-order valence-corrected chi connectivity index (χ4v) is 3.51. The van der Waals surface area contributed by atoms with Gasteiger partial charge in [-0.05, 0) is 63.1 Å². The van der Waals surface area contributed by atoms with Crippen LogP contribution in [0.5, 0.6) is 5.75 Å². The van der Waals surface area contributed by atoms with Crippen molar-refractivity contribution in [2.24, 2.45) is 5.73 Å². The van der Waals surface area contributed by atoms with E-state index in [0.717, 1.165) is 39.5 Å². The molecule has 0 saturated carbocycles. The van der Waals surface area contributed by atoms with Gasteiger partial charge < -0.3 is 15.8 Å². The Labute approximate surface area is 181 Å². The van der Waals surface area contributed by atoms with Gasteiger partial charge in [0.2, 0.25) is 0 Å². The number of amides is 1. The van der Waals surface area contributed by atoms with Crippen molar-refractivity contribution in [2.75, 3.05) is 5.32 Å². The molecule has 0 unspecified atom stereocenters. The maximum atomic E-state index is 11.9. The second kappa shape index (κ2) is 7.80. The summed E-state index contributed by atoms with van der Waals surface area (Å²) in [4.78, 5) is 16.7. The Balaban J connectivity index is 1.90. The second-order valence-electron chi connectivity index (χ2n) is 8.10. The van der Waals surface area contributed by atoms with Gasteiger partial charge in [-0.3, -0.25) is 9.20 Å². The van der Waals surface area contributed by atoms with Gasteiger partial charge in [-0.2, -0.15) is 0 Å². The number of aryl methyl sites for hydroxylation is 2. The van der Waals surface area contributed by atoms with Crippen molar-refractivity contribution in [3.05, 3.63) is 78.0 Å². The van der Waals surface area contributed by atoms with Crippen LogP contribution in [0.1, 0.15) is 25.0 Å². The fourth-order valence-electron chi connectivity index (χ4n) is 3.51. The van der Waals surface area contributed by atoms with E-state index in [-0.39, 0.29) is 0 Å². The zero-order valence-electron chi connectivity index (χ0n) is 18.1. The molecule has 4 rings (SSSR count). The predicted octanol–water partition coefficient (Wildman–Crippen LogP) is 5.00. The average Bonchev–Trinajstić information content (AvgIpc) is 3.09. The number of primary amides is 1. The number of nitrogens with zero attached hydrogens (tertiary/aromatic N) is 2. The van der Waals surface area contributed by atoms with Crippen molar-refractivity contribution in [3.8, 4) is 17.0 Å². The highest BCUT2D eigenvalue weighted by atomic mass is 16.5. The highest BCUT2D eigenvalue weighted by Crippen LogP contribution is 2.38. The third kappa shape index (κ3) is 3.84. The third-order valence-electron chi connectivity index (χ3n) is 5.36. The molecule has 0 fully saturated rings. The minimum atomic E-state index is -1.16. The molecule has 0 aliphatic heterocycles. The molecular formula is C25H26N4O2. The van der Waals surface area contributed by atoms with Crippen LogP contribution in [0.2, 0.25) is 0 Å². The molecule has 6 nitrogen and oxygen atoms in total. The molecule has 0 saturated heterocycles. The Kier molecular flexibility index (Phi) is 5.15. The number of hydrogen-bond donors (Lipinski definition) is 2. The summed E-state index contributed by atoms with van der Waals surface area (Å²) >= 11 is 0. The van der Waals surface area contributed by atoms with Crippen molar-refractivity contribution < 1.29 is 9.53 Å². The van der Waals surface area contributed by atoms with Gasteiger partial charge in [0.15, 0.2) is 5.60 Å². The molecule has 158 valence electrons. The molecule has 0 spiro atoms. The van der Waals surface area contributed by atoms with E-state index in [9.17, 15) is 4.79 Å². The molecule has 3 N–H and O–H groups in total. The van der Waals surface area contributed by atoms with Crippen LogP contribution in [-0.2, 0) is 4.79 Å². The van der Waals surface area contributed by atoms with Gasteiger partial charge in [0, 0.05) is 17.4 Å². The van der Waals surface area contributed by atoms with Crippen molar-refractivity contribution in [1.82, 2.24) is 9.38 Å². The van der Waals surface area contributed by atoms with Gasteiger partial charge in [0.1, 0.15) is 22.9 Å². The van der Waals surface area contributed by atoms with Crippen molar-refractivity contribution in [1.29, 1.82) is 0 Å². The number of hydrogen-bond acceptors (Lipinski definition) is 4. The number of carbonyl (C=O) groups excluding carboxylic acids is 1. The number of imidazole rings is 1. The molecule has 2 aromatic carbocycles. The van der Waals surface area contributed by atoms with E-state index in [1.165, 1.54) is 0 Å². The standard InChI is InChI=1S/C25H26N4O2/c1-16-10-9-11-17(2)21(16)28-23-22(27-20-14-7-8-15-29(20)23)18-12-5-6-13-19(18)31-25(3,4)24(26)30/h5-15,28H,1-4H3,(H2,26,30). The first-order valence-corrected chi connectivity index (χ1v) is 10.2. The van der Waals surface area contributed by atoms with Crippen molar-refractivity contribution in [2.45, 2.75) is 33.3 Å². The summed E-state index contributed by atoms with van der Waals surface area (Å²) < 4.78 is 8.06. The molecule has 0 aliphatic rings. The molecule has 0 aliphatic carbocycles. The maximum Gasteiger partial charge on any atom is 0.261 e. The van der Waals surface area contributed by atoms with Gasteiger partial charge in [-0.15, -0.1) is 0 Å². The van der Waals surface area contributed by atoms with Crippen LogP contribution < -0.4 is 15.8 Å². The number of nitrogens with one attached hydrogen (secondary N) is 1. The largest absolute Gasteiger partial charge is 0.477 e. The molecule has 1 amide bonds. The number of rotatable bonds is 6. The molecule has 0 bridgehead atoms. The highest BCUT2D eigenvalue weighted by Gasteiger charge is 2.29. The lowest BCUT2D eigenvalue weighted by Crippen LogP contribution is -2.43. The Bertz CT molecular complexity index is 1250. The molecule has 31 heavy (non-hydrogen) atoms. The Morgan fingerprint density at radius 3 is 2.39 bits per heavy atom. The number of pyridine rings is 1. The van der Waals surface area contributed by atoms with Crippen LogP contribution in [0, 0.1) is 13.8 Å². The van der Waals surface area contributed by atoms with Crippen LogP contribution in [0.4, 0.5) is 11.5 Å². The smallest absolute Gasteiger partial charge is 0.261 e. The fraction of sp³-hybridized carbons (Fsp3) is 0.200. The Hall–Kier alpha value is -3.80. The molecule has 4 aromatic rings. The second-order valence-corrected chi connectivity index (χ2v) is 8.10. The lowest BCUT2D eigenvalue weighted by molar-refractivity contribution is -0.130. The van der Waals surface area contributed by atoms with Gasteiger partial charge in [0.25, 0.3) is 5.91 Å². The monoisotopic (exact) mass is 414 g/mol. The SMILES string of the molecule is Cc1cccc(C)c1Nc1c(-c2ccccc2OC(C)(C)C(N)=O)nc2ccccn12. The quantitative estimate of drug-likeness (QED) is 0.465. The number of benzene rings is 2. The van der Waals surface area contributed by atoms with Crippen LogP contribution in [0.3, 0.4) is 0 Å². The first-order chi connectivity index (χ1) is 14.8. The number of ether oxygens (including phenoxy) is 1. The number of para-hydroxylation sites is 2. The van der Waals surface area contributed by atoms with E-state index >= 15 is 0 Å². The number of anilines is 2. The maximum absolute atomic E-state index is 11.9. The minimum Gasteiger partial charge on any atom is -0.477 e. The van der Waals surface area contributed by atoms with Gasteiger partial charge in [-0.25, -0.2) is 4.98 Å². The molecule has 0 atom stereocenters. The predicted molar refractivity (Wildman–Crippen MR) is 124 cm³/mol. The number of carbonyl (C=O) groups is 1. The van der Waals surface area contributed by atoms with E-state index in [0.29, 0.717) is 5.75 Å². The van der Waals surface area contributed by atoms with Crippen LogP contribution in [0.15, 0.2) is 66.9 Å². The van der Waals surface area contributed by atoms with Gasteiger partial charge >= 0.3 is 0 Å². The summed E-state index contributed by atoms with van der Waals surface area (Å²) in [5, 5.41) is 3.60. The summed E-state index contributed by atoms with van der Waals surface area (Å²) in [6.07, 6.45) is 1.97. The summed E-state index contributed by atoms with van der Waals surface area (Å²) in [6.45, 7) is 7.46. The van der Waals surface area contributed by atoms with Crippen molar-refractivity contribution in [3.63, 3.8) is 0 Å². The van der Waals surface area contributed by atoms with E-state index in [1.54, 1.807) is 13.8 Å². The minimum absolute atomic E-state index is 0.536. The van der Waals surface area contributed by atoms with Crippen LogP contribution in [-0.4, -0.2) is 20.9 Å². The first-order valence-electron chi connectivity index (χ1n) is 10.2. The zero-order chi connectivity index (χ0) is 22.2. The summed E-state index contributed by atoms with van der Waals surface area (Å²) in [5.74, 6) is 0.825. The van der Waals surface area contributed by atoms with E-state index in [2.05, 4.69) is 31.3 Å². The molecule has 0 radical (unpaired) electrons. The molecule has 2 aromatic heterocycles. The van der Waals surface area contributed by atoms with Crippen LogP contribution in [0.25, 0.3) is 16.9 Å².